The zero-order chi connectivity index (χ0) is 22.4. The lowest BCUT2D eigenvalue weighted by Crippen LogP contribution is -2.55. The standard InChI is InChI=1S/C23H24N2O7/c1-30-13-8-9-17-15(11-13)21(27)24-16-5-4-6-19(26)14(16)12-18(24)22(25(17)23(28)29)32-20-7-2-3-10-31-20/h4-6,8-9,11,18,20,22,26H,2-3,7,10,12H2,1H3,(H,28,29). The van der Waals surface area contributed by atoms with Crippen molar-refractivity contribution in [2.24, 2.45) is 0 Å². The van der Waals surface area contributed by atoms with E-state index in [-0.39, 0.29) is 29.3 Å². The molecule has 9 nitrogen and oxygen atoms in total. The van der Waals surface area contributed by atoms with Gasteiger partial charge in [0.2, 0.25) is 0 Å². The Bertz CT molecular complexity index is 1070. The minimum Gasteiger partial charge on any atom is -0.508 e. The number of fused-ring (bicyclic) bond motifs is 4. The van der Waals surface area contributed by atoms with Gasteiger partial charge in [-0.25, -0.2) is 9.69 Å². The summed E-state index contributed by atoms with van der Waals surface area (Å²) in [5, 5.41) is 20.7. The molecule has 0 radical (unpaired) electrons. The average Bonchev–Trinajstić information content (AvgIpc) is 3.15. The van der Waals surface area contributed by atoms with Gasteiger partial charge in [0, 0.05) is 18.6 Å². The Balaban J connectivity index is 1.68. The molecule has 5 rings (SSSR count). The second-order valence-corrected chi connectivity index (χ2v) is 8.08. The summed E-state index contributed by atoms with van der Waals surface area (Å²) in [6, 6.07) is 9.00. The third-order valence-electron chi connectivity index (χ3n) is 6.26. The number of rotatable bonds is 3. The second kappa shape index (κ2) is 7.99. The van der Waals surface area contributed by atoms with E-state index in [9.17, 15) is 19.8 Å². The van der Waals surface area contributed by atoms with Crippen molar-refractivity contribution in [3.63, 3.8) is 0 Å². The van der Waals surface area contributed by atoms with E-state index in [1.54, 1.807) is 30.3 Å². The van der Waals surface area contributed by atoms with Gasteiger partial charge in [0.1, 0.15) is 11.5 Å². The number of phenols is 1. The SMILES string of the molecule is COc1ccc2c(c1)C(=O)N1c3cccc(O)c3CC1C(OC1CCCCO1)N2C(=O)O. The molecule has 2 amide bonds. The largest absolute Gasteiger partial charge is 0.508 e. The number of anilines is 2. The highest BCUT2D eigenvalue weighted by Crippen LogP contribution is 2.45. The van der Waals surface area contributed by atoms with Crippen molar-refractivity contribution in [2.75, 3.05) is 23.5 Å². The zero-order valence-electron chi connectivity index (χ0n) is 17.6. The van der Waals surface area contributed by atoms with Crippen molar-refractivity contribution in [1.29, 1.82) is 0 Å². The van der Waals surface area contributed by atoms with Crippen molar-refractivity contribution in [3.05, 3.63) is 47.5 Å². The molecule has 0 aliphatic carbocycles. The summed E-state index contributed by atoms with van der Waals surface area (Å²) in [5.41, 5.74) is 1.53. The van der Waals surface area contributed by atoms with Gasteiger partial charge in [0.25, 0.3) is 5.91 Å². The number of carbonyl (C=O) groups excluding carboxylic acids is 1. The van der Waals surface area contributed by atoms with Gasteiger partial charge in [-0.3, -0.25) is 9.69 Å². The van der Waals surface area contributed by atoms with E-state index in [2.05, 4.69) is 0 Å². The zero-order valence-corrected chi connectivity index (χ0v) is 17.6. The lowest BCUT2D eigenvalue weighted by molar-refractivity contribution is -0.190. The molecule has 2 aromatic rings. The fourth-order valence-electron chi connectivity index (χ4n) is 4.76. The van der Waals surface area contributed by atoms with E-state index in [4.69, 9.17) is 14.2 Å². The lowest BCUT2D eigenvalue weighted by Gasteiger charge is -2.37. The van der Waals surface area contributed by atoms with Gasteiger partial charge in [-0.2, -0.15) is 0 Å². The van der Waals surface area contributed by atoms with Crippen LogP contribution in [-0.2, 0) is 15.9 Å². The number of methoxy groups -OCH3 is 1. The number of benzene rings is 2. The van der Waals surface area contributed by atoms with Crippen molar-refractivity contribution in [1.82, 2.24) is 0 Å². The van der Waals surface area contributed by atoms with Crippen LogP contribution in [0.15, 0.2) is 36.4 Å². The molecule has 0 spiro atoms. The highest BCUT2D eigenvalue weighted by molar-refractivity contribution is 6.14. The van der Waals surface area contributed by atoms with Gasteiger partial charge in [0.05, 0.1) is 30.1 Å². The second-order valence-electron chi connectivity index (χ2n) is 8.08. The Morgan fingerprint density at radius 3 is 2.75 bits per heavy atom. The number of carbonyl (C=O) groups is 2. The van der Waals surface area contributed by atoms with Gasteiger partial charge in [-0.15, -0.1) is 0 Å². The van der Waals surface area contributed by atoms with Crippen molar-refractivity contribution < 1.29 is 34.0 Å². The van der Waals surface area contributed by atoms with Gasteiger partial charge >= 0.3 is 6.09 Å². The van der Waals surface area contributed by atoms with E-state index < -0.39 is 24.7 Å². The van der Waals surface area contributed by atoms with Crippen LogP contribution in [0.5, 0.6) is 11.5 Å². The summed E-state index contributed by atoms with van der Waals surface area (Å²) in [4.78, 5) is 28.9. The third-order valence-corrected chi connectivity index (χ3v) is 6.26. The van der Waals surface area contributed by atoms with Crippen LogP contribution in [0.25, 0.3) is 0 Å². The maximum atomic E-state index is 13.7. The van der Waals surface area contributed by atoms with E-state index >= 15 is 0 Å². The number of phenolic OH excluding ortho intramolecular Hbond substituents is 1. The number of hydrogen-bond donors (Lipinski definition) is 2. The molecule has 32 heavy (non-hydrogen) atoms. The number of carboxylic acid groups (broad SMARTS) is 1. The van der Waals surface area contributed by atoms with Crippen LogP contribution in [0.3, 0.4) is 0 Å². The molecule has 3 unspecified atom stereocenters. The molecule has 3 aliphatic heterocycles. The molecule has 0 aromatic heterocycles. The summed E-state index contributed by atoms with van der Waals surface area (Å²) in [5.74, 6) is 0.114. The molecule has 1 fully saturated rings. The fourth-order valence-corrected chi connectivity index (χ4v) is 4.76. The monoisotopic (exact) mass is 440 g/mol. The molecule has 3 atom stereocenters. The third kappa shape index (κ3) is 3.25. The molecule has 1 saturated heterocycles. The molecular formula is C23H24N2O7. The Kier molecular flexibility index (Phi) is 5.15. The summed E-state index contributed by atoms with van der Waals surface area (Å²) in [6.45, 7) is 0.534. The molecule has 3 heterocycles. The molecule has 2 N–H and O–H groups in total. The predicted octanol–water partition coefficient (Wildman–Crippen LogP) is 3.34. The van der Waals surface area contributed by atoms with E-state index in [1.165, 1.54) is 18.1 Å². The van der Waals surface area contributed by atoms with Crippen LogP contribution in [0, 0.1) is 0 Å². The summed E-state index contributed by atoms with van der Waals surface area (Å²) in [6.07, 6.45) is -0.133. The Morgan fingerprint density at radius 1 is 1.19 bits per heavy atom. The summed E-state index contributed by atoms with van der Waals surface area (Å²) < 4.78 is 17.3. The van der Waals surface area contributed by atoms with Gasteiger partial charge in [-0.1, -0.05) is 6.07 Å². The number of amides is 2. The van der Waals surface area contributed by atoms with Crippen molar-refractivity contribution in [2.45, 2.75) is 44.2 Å². The average molecular weight is 440 g/mol. The van der Waals surface area contributed by atoms with Crippen molar-refractivity contribution in [3.8, 4) is 11.5 Å². The first kappa shape index (κ1) is 20.6. The first-order valence-electron chi connectivity index (χ1n) is 10.6. The smallest absolute Gasteiger partial charge is 0.414 e. The van der Waals surface area contributed by atoms with Gasteiger partial charge in [-0.05, 0) is 49.6 Å². The van der Waals surface area contributed by atoms with E-state index in [0.29, 0.717) is 30.0 Å². The number of ether oxygens (including phenoxy) is 3. The van der Waals surface area contributed by atoms with E-state index in [1.807, 2.05) is 0 Å². The van der Waals surface area contributed by atoms with Gasteiger partial charge < -0.3 is 24.4 Å². The molecular weight excluding hydrogens is 416 g/mol. The molecule has 2 aromatic carbocycles. The number of aromatic hydroxyl groups is 1. The van der Waals surface area contributed by atoms with Crippen molar-refractivity contribution >= 4 is 23.4 Å². The maximum Gasteiger partial charge on any atom is 0.414 e. The molecule has 3 aliphatic rings. The minimum absolute atomic E-state index is 0.0591. The Hall–Kier alpha value is -3.30. The van der Waals surface area contributed by atoms with E-state index in [0.717, 1.165) is 17.7 Å². The van der Waals surface area contributed by atoms with Gasteiger partial charge in [0.15, 0.2) is 12.5 Å². The molecule has 9 heteroatoms. The number of hydrogen-bond acceptors (Lipinski definition) is 6. The summed E-state index contributed by atoms with van der Waals surface area (Å²) in [7, 11) is 1.48. The van der Waals surface area contributed by atoms with Crippen LogP contribution < -0.4 is 14.5 Å². The fraction of sp³-hybridized carbons (Fsp3) is 0.391. The summed E-state index contributed by atoms with van der Waals surface area (Å²) >= 11 is 0. The molecule has 168 valence electrons. The van der Waals surface area contributed by atoms with Crippen LogP contribution in [0.2, 0.25) is 0 Å². The Labute approximate surface area is 184 Å². The quantitative estimate of drug-likeness (QED) is 0.753. The minimum atomic E-state index is -1.24. The number of nitrogens with zero attached hydrogens (tertiary/aromatic N) is 2. The lowest BCUT2D eigenvalue weighted by atomic mass is 10.1. The molecule has 0 bridgehead atoms. The van der Waals surface area contributed by atoms with Crippen LogP contribution >= 0.6 is 0 Å². The predicted molar refractivity (Wildman–Crippen MR) is 114 cm³/mol. The Morgan fingerprint density at radius 2 is 2.03 bits per heavy atom. The van der Waals surface area contributed by atoms with Crippen LogP contribution in [0.4, 0.5) is 16.2 Å². The first-order valence-corrected chi connectivity index (χ1v) is 10.6. The highest BCUT2D eigenvalue weighted by atomic mass is 16.7. The highest BCUT2D eigenvalue weighted by Gasteiger charge is 2.49. The normalized spacial score (nSPS) is 24.4. The topological polar surface area (TPSA) is 109 Å². The van der Waals surface area contributed by atoms with Crippen LogP contribution in [-0.4, -0.2) is 54.5 Å². The first-order chi connectivity index (χ1) is 15.5. The van der Waals surface area contributed by atoms with Crippen LogP contribution in [0.1, 0.15) is 35.2 Å². The maximum absolute atomic E-state index is 13.7. The molecule has 0 saturated carbocycles.